The molecule has 3 atom stereocenters. The minimum absolute atomic E-state index is 0.269. The van der Waals surface area contributed by atoms with Crippen molar-refractivity contribution in [1.29, 1.82) is 0 Å². The van der Waals surface area contributed by atoms with Crippen LogP contribution in [0.2, 0.25) is 0 Å². The van der Waals surface area contributed by atoms with E-state index in [1.54, 1.807) is 0 Å². The van der Waals surface area contributed by atoms with Crippen LogP contribution < -0.4 is 0 Å². The molecule has 0 N–H and O–H groups in total. The summed E-state index contributed by atoms with van der Waals surface area (Å²) in [6.45, 7) is 7.09. The first-order valence-corrected chi connectivity index (χ1v) is 6.75. The van der Waals surface area contributed by atoms with Gasteiger partial charge in [-0.15, -0.1) is 0 Å². The molecule has 0 nitrogen and oxygen atoms in total. The second kappa shape index (κ2) is 5.44. The van der Waals surface area contributed by atoms with Gasteiger partial charge in [0.25, 0.3) is 0 Å². The molecular formula is C13H26S. The maximum atomic E-state index is 4.89. The molecule has 0 radical (unpaired) electrons. The molecule has 14 heavy (non-hydrogen) atoms. The van der Waals surface area contributed by atoms with Crippen LogP contribution in [0.15, 0.2) is 0 Å². The fraction of sp³-hybridized carbons (Fsp3) is 1.00. The summed E-state index contributed by atoms with van der Waals surface area (Å²) in [6, 6.07) is 0. The summed E-state index contributed by atoms with van der Waals surface area (Å²) in [5, 5.41) is 0. The van der Waals surface area contributed by atoms with E-state index >= 15 is 0 Å². The SMILES string of the molecule is CCC1CCCCCCC(C)(S)C1C. The Labute approximate surface area is 95.3 Å². The Balaban J connectivity index is 2.66. The zero-order valence-corrected chi connectivity index (χ0v) is 10.9. The Kier molecular flexibility index (Phi) is 4.82. The van der Waals surface area contributed by atoms with E-state index < -0.39 is 0 Å². The number of thiol groups is 1. The van der Waals surface area contributed by atoms with Gasteiger partial charge in [0.2, 0.25) is 0 Å². The molecule has 1 aliphatic rings. The molecule has 1 fully saturated rings. The molecule has 0 aromatic heterocycles. The molecule has 1 rings (SSSR count). The van der Waals surface area contributed by atoms with Gasteiger partial charge in [0.05, 0.1) is 0 Å². The van der Waals surface area contributed by atoms with Crippen molar-refractivity contribution in [3.05, 3.63) is 0 Å². The largest absolute Gasteiger partial charge is 0.173 e. The van der Waals surface area contributed by atoms with Crippen LogP contribution in [0, 0.1) is 11.8 Å². The van der Waals surface area contributed by atoms with Crippen molar-refractivity contribution in [2.45, 2.75) is 70.5 Å². The summed E-state index contributed by atoms with van der Waals surface area (Å²) in [6.07, 6.45) is 9.72. The van der Waals surface area contributed by atoms with Crippen LogP contribution in [0.3, 0.4) is 0 Å². The molecule has 84 valence electrons. The van der Waals surface area contributed by atoms with Crippen LogP contribution in [0.25, 0.3) is 0 Å². The first kappa shape index (κ1) is 12.4. The third-order valence-electron chi connectivity index (χ3n) is 4.22. The maximum Gasteiger partial charge on any atom is 0.0130 e. The lowest BCUT2D eigenvalue weighted by Gasteiger charge is -2.35. The molecule has 0 bridgehead atoms. The van der Waals surface area contributed by atoms with Gasteiger partial charge in [-0.25, -0.2) is 0 Å². The van der Waals surface area contributed by atoms with Crippen LogP contribution in [-0.2, 0) is 0 Å². The zero-order valence-electron chi connectivity index (χ0n) is 10.1. The van der Waals surface area contributed by atoms with Crippen LogP contribution in [-0.4, -0.2) is 4.75 Å². The van der Waals surface area contributed by atoms with Crippen LogP contribution in [0.5, 0.6) is 0 Å². The third kappa shape index (κ3) is 3.18. The van der Waals surface area contributed by atoms with E-state index in [1.165, 1.54) is 44.9 Å². The van der Waals surface area contributed by atoms with Crippen LogP contribution in [0.1, 0.15) is 65.7 Å². The van der Waals surface area contributed by atoms with E-state index in [4.69, 9.17) is 12.6 Å². The fourth-order valence-electron chi connectivity index (χ4n) is 2.79. The Hall–Kier alpha value is 0.350. The van der Waals surface area contributed by atoms with Crippen molar-refractivity contribution in [2.75, 3.05) is 0 Å². The van der Waals surface area contributed by atoms with E-state index in [1.807, 2.05) is 0 Å². The average molecular weight is 214 g/mol. The van der Waals surface area contributed by atoms with Crippen molar-refractivity contribution in [3.8, 4) is 0 Å². The molecule has 3 unspecified atom stereocenters. The highest BCUT2D eigenvalue weighted by molar-refractivity contribution is 7.81. The summed E-state index contributed by atoms with van der Waals surface area (Å²) >= 11 is 4.89. The van der Waals surface area contributed by atoms with Gasteiger partial charge in [-0.2, -0.15) is 12.6 Å². The van der Waals surface area contributed by atoms with Gasteiger partial charge in [-0.1, -0.05) is 59.3 Å². The predicted molar refractivity (Wildman–Crippen MR) is 68.0 cm³/mol. The summed E-state index contributed by atoms with van der Waals surface area (Å²) in [4.78, 5) is 0. The van der Waals surface area contributed by atoms with E-state index in [-0.39, 0.29) is 4.75 Å². The van der Waals surface area contributed by atoms with E-state index in [0.717, 1.165) is 11.8 Å². The van der Waals surface area contributed by atoms with Crippen LogP contribution >= 0.6 is 12.6 Å². The summed E-state index contributed by atoms with van der Waals surface area (Å²) in [7, 11) is 0. The predicted octanol–water partition coefficient (Wildman–Crippen LogP) is 4.69. The molecule has 0 spiro atoms. The molecule has 0 saturated heterocycles. The first-order valence-electron chi connectivity index (χ1n) is 6.30. The molecule has 0 aromatic rings. The first-order chi connectivity index (χ1) is 6.58. The lowest BCUT2D eigenvalue weighted by Crippen LogP contribution is -2.31. The smallest absolute Gasteiger partial charge is 0.0130 e. The topological polar surface area (TPSA) is 0 Å². The summed E-state index contributed by atoms with van der Waals surface area (Å²) < 4.78 is 0.269. The zero-order chi connectivity index (χ0) is 10.6. The second-order valence-electron chi connectivity index (χ2n) is 5.27. The minimum Gasteiger partial charge on any atom is -0.173 e. The monoisotopic (exact) mass is 214 g/mol. The summed E-state index contributed by atoms with van der Waals surface area (Å²) in [5.74, 6) is 1.67. The minimum atomic E-state index is 0.269. The molecule has 0 aliphatic heterocycles. The van der Waals surface area contributed by atoms with Gasteiger partial charge >= 0.3 is 0 Å². The highest BCUT2D eigenvalue weighted by Crippen LogP contribution is 2.39. The molecule has 0 heterocycles. The van der Waals surface area contributed by atoms with Gasteiger partial charge in [0, 0.05) is 4.75 Å². The van der Waals surface area contributed by atoms with Crippen molar-refractivity contribution in [2.24, 2.45) is 11.8 Å². The molecule has 0 amide bonds. The highest BCUT2D eigenvalue weighted by Gasteiger charge is 2.32. The second-order valence-corrected chi connectivity index (χ2v) is 6.29. The maximum absolute atomic E-state index is 4.89. The molecule has 1 saturated carbocycles. The van der Waals surface area contributed by atoms with E-state index in [2.05, 4.69) is 20.8 Å². The lowest BCUT2D eigenvalue weighted by atomic mass is 9.78. The van der Waals surface area contributed by atoms with Crippen LogP contribution in [0.4, 0.5) is 0 Å². The Morgan fingerprint density at radius 1 is 1.21 bits per heavy atom. The molecule has 1 aliphatic carbocycles. The highest BCUT2D eigenvalue weighted by atomic mass is 32.1. The van der Waals surface area contributed by atoms with Crippen molar-refractivity contribution in [1.82, 2.24) is 0 Å². The standard InChI is InChI=1S/C13H26S/c1-4-12-9-7-5-6-8-10-13(3,14)11(12)2/h11-12,14H,4-10H2,1-3H3. The molecule has 0 aromatic carbocycles. The van der Waals surface area contributed by atoms with Crippen molar-refractivity contribution >= 4 is 12.6 Å². The van der Waals surface area contributed by atoms with Gasteiger partial charge in [-0.3, -0.25) is 0 Å². The fourth-order valence-corrected chi connectivity index (χ4v) is 3.16. The van der Waals surface area contributed by atoms with Crippen molar-refractivity contribution in [3.63, 3.8) is 0 Å². The van der Waals surface area contributed by atoms with Gasteiger partial charge < -0.3 is 0 Å². The lowest BCUT2D eigenvalue weighted by molar-refractivity contribution is 0.261. The Morgan fingerprint density at radius 2 is 1.86 bits per heavy atom. The third-order valence-corrected chi connectivity index (χ3v) is 4.85. The Bertz CT molecular complexity index is 163. The molecular weight excluding hydrogens is 188 g/mol. The normalized spacial score (nSPS) is 41.1. The number of hydrogen-bond donors (Lipinski definition) is 1. The van der Waals surface area contributed by atoms with Gasteiger partial charge in [0.1, 0.15) is 0 Å². The van der Waals surface area contributed by atoms with E-state index in [9.17, 15) is 0 Å². The summed E-state index contributed by atoms with van der Waals surface area (Å²) in [5.41, 5.74) is 0. The van der Waals surface area contributed by atoms with Gasteiger partial charge in [0.15, 0.2) is 0 Å². The van der Waals surface area contributed by atoms with Crippen molar-refractivity contribution < 1.29 is 0 Å². The van der Waals surface area contributed by atoms with E-state index in [0.29, 0.717) is 0 Å². The quantitative estimate of drug-likeness (QED) is 0.601. The number of rotatable bonds is 1. The molecule has 1 heteroatoms. The Morgan fingerprint density at radius 3 is 2.50 bits per heavy atom. The van der Waals surface area contributed by atoms with Gasteiger partial charge in [-0.05, 0) is 18.3 Å². The average Bonchev–Trinajstić information content (AvgIpc) is 2.20. The number of hydrogen-bond acceptors (Lipinski definition) is 1.